The van der Waals surface area contributed by atoms with Gasteiger partial charge in [0.1, 0.15) is 12.1 Å². The van der Waals surface area contributed by atoms with Crippen LogP contribution in [0.15, 0.2) is 0 Å². The van der Waals surface area contributed by atoms with Crippen molar-refractivity contribution in [2.24, 2.45) is 11.5 Å². The minimum absolute atomic E-state index is 0. The lowest BCUT2D eigenvalue weighted by atomic mass is 10.2. The minimum Gasteiger partial charge on any atom is -0.480 e. The van der Waals surface area contributed by atoms with Gasteiger partial charge in [-0.3, -0.25) is 19.2 Å². The van der Waals surface area contributed by atoms with Crippen LogP contribution in [0.2, 0.25) is 0 Å². The highest BCUT2D eigenvalue weighted by molar-refractivity contribution is 5.85. The van der Waals surface area contributed by atoms with Gasteiger partial charge in [0.2, 0.25) is 6.79 Å². The summed E-state index contributed by atoms with van der Waals surface area (Å²) in [5, 5.41) is 16.8. The summed E-state index contributed by atoms with van der Waals surface area (Å²) >= 11 is 0. The molecule has 0 spiro atoms. The molecule has 0 saturated heterocycles. The zero-order valence-electron chi connectivity index (χ0n) is 10.2. The molecule has 0 saturated carbocycles. The maximum Gasteiger partial charge on any atom is 0.321 e. The summed E-state index contributed by atoms with van der Waals surface area (Å²) in [4.78, 5) is 42.6. The summed E-state index contributed by atoms with van der Waals surface area (Å²) in [5.74, 6) is -4.68. The van der Waals surface area contributed by atoms with Crippen LogP contribution in [-0.4, -0.2) is 53.0 Å². The molecule has 0 rings (SSSR count). The average molecular weight is 315 g/mol. The largest absolute Gasteiger partial charge is 0.480 e. The Kier molecular flexibility index (Phi) is 10.2. The summed E-state index contributed by atoms with van der Waals surface area (Å²) in [6.45, 7) is -0.768. The van der Waals surface area contributed by atoms with Gasteiger partial charge >= 0.3 is 23.9 Å². The number of carboxylic acid groups (broad SMARTS) is 2. The predicted octanol–water partition coefficient (Wildman–Crippen LogP) is -1.94. The lowest BCUT2D eigenvalue weighted by Gasteiger charge is -2.09. The number of esters is 2. The molecule has 0 aliphatic carbocycles. The second-order valence-electron chi connectivity index (χ2n) is 3.45. The lowest BCUT2D eigenvalue weighted by Crippen LogP contribution is -2.34. The fourth-order valence-corrected chi connectivity index (χ4v) is 0.812. The van der Waals surface area contributed by atoms with Gasteiger partial charge in [-0.15, -0.1) is 12.4 Å². The van der Waals surface area contributed by atoms with Crippen LogP contribution in [0, 0.1) is 0 Å². The third-order valence-electron chi connectivity index (χ3n) is 1.85. The standard InChI is InChI=1S/C9H14N2O8.ClH/c10-4(8(14)15)1-6(12)18-3-19-7(13)2-5(11)9(16)17;/h4-5H,1-3,10-11H2,(H,14,15)(H,16,17);1H/t4-,5-;/m0./s1. The van der Waals surface area contributed by atoms with Crippen molar-refractivity contribution in [1.82, 2.24) is 0 Å². The first kappa shape index (κ1) is 20.4. The normalized spacial score (nSPS) is 12.5. The van der Waals surface area contributed by atoms with Crippen molar-refractivity contribution >= 4 is 36.3 Å². The van der Waals surface area contributed by atoms with Crippen LogP contribution < -0.4 is 11.5 Å². The molecule has 0 radical (unpaired) electrons. The second-order valence-corrected chi connectivity index (χ2v) is 3.45. The topological polar surface area (TPSA) is 179 Å². The summed E-state index contributed by atoms with van der Waals surface area (Å²) in [7, 11) is 0. The lowest BCUT2D eigenvalue weighted by molar-refractivity contribution is -0.169. The molecule has 0 aromatic heterocycles. The van der Waals surface area contributed by atoms with E-state index < -0.39 is 55.6 Å². The fraction of sp³-hybridized carbons (Fsp3) is 0.556. The molecule has 20 heavy (non-hydrogen) atoms. The number of rotatable bonds is 8. The molecule has 0 fully saturated rings. The van der Waals surface area contributed by atoms with E-state index in [0.29, 0.717) is 0 Å². The number of hydrogen-bond donors (Lipinski definition) is 4. The molecule has 0 amide bonds. The van der Waals surface area contributed by atoms with Gasteiger partial charge in [0.15, 0.2) is 0 Å². The highest BCUT2D eigenvalue weighted by atomic mass is 35.5. The van der Waals surface area contributed by atoms with Gasteiger partial charge in [-0.2, -0.15) is 0 Å². The van der Waals surface area contributed by atoms with Crippen molar-refractivity contribution < 1.29 is 38.9 Å². The number of aliphatic carboxylic acids is 2. The van der Waals surface area contributed by atoms with Gasteiger partial charge in [0, 0.05) is 0 Å². The van der Waals surface area contributed by atoms with Gasteiger partial charge in [0.25, 0.3) is 0 Å². The van der Waals surface area contributed by atoms with E-state index in [2.05, 4.69) is 9.47 Å². The van der Waals surface area contributed by atoms with E-state index in [9.17, 15) is 19.2 Å². The first-order chi connectivity index (χ1) is 8.73. The zero-order valence-corrected chi connectivity index (χ0v) is 11.0. The Labute approximate surface area is 119 Å². The van der Waals surface area contributed by atoms with Crippen LogP contribution in [0.25, 0.3) is 0 Å². The quantitative estimate of drug-likeness (QED) is 0.290. The molecule has 6 N–H and O–H groups in total. The third-order valence-corrected chi connectivity index (χ3v) is 1.85. The van der Waals surface area contributed by atoms with E-state index in [1.54, 1.807) is 0 Å². The summed E-state index contributed by atoms with van der Waals surface area (Å²) in [6, 6.07) is -2.83. The Morgan fingerprint density at radius 2 is 1.15 bits per heavy atom. The smallest absolute Gasteiger partial charge is 0.321 e. The van der Waals surface area contributed by atoms with Gasteiger partial charge in [-0.1, -0.05) is 0 Å². The molecular weight excluding hydrogens is 300 g/mol. The van der Waals surface area contributed by atoms with Crippen LogP contribution in [0.3, 0.4) is 0 Å². The predicted molar refractivity (Wildman–Crippen MR) is 64.8 cm³/mol. The molecule has 0 heterocycles. The Morgan fingerprint density at radius 1 is 0.850 bits per heavy atom. The van der Waals surface area contributed by atoms with E-state index in [1.807, 2.05) is 0 Å². The molecule has 0 unspecified atom stereocenters. The number of carbonyl (C=O) groups excluding carboxylic acids is 2. The first-order valence-electron chi connectivity index (χ1n) is 5.02. The summed E-state index contributed by atoms with van der Waals surface area (Å²) in [6.07, 6.45) is -1.16. The number of carboxylic acids is 2. The number of carbonyl (C=O) groups is 4. The molecule has 2 atom stereocenters. The Hall–Kier alpha value is -1.91. The number of ether oxygens (including phenoxy) is 2. The second kappa shape index (κ2) is 9.95. The van der Waals surface area contributed by atoms with E-state index in [-0.39, 0.29) is 12.4 Å². The van der Waals surface area contributed by atoms with Crippen molar-refractivity contribution in [1.29, 1.82) is 0 Å². The van der Waals surface area contributed by atoms with Crippen molar-refractivity contribution in [2.75, 3.05) is 6.79 Å². The maximum absolute atomic E-state index is 11.0. The van der Waals surface area contributed by atoms with Crippen LogP contribution >= 0.6 is 12.4 Å². The molecule has 0 aliphatic heterocycles. The van der Waals surface area contributed by atoms with Gasteiger partial charge in [-0.05, 0) is 0 Å². The number of nitrogens with two attached hydrogens (primary N) is 2. The molecule has 116 valence electrons. The average Bonchev–Trinajstić information content (AvgIpc) is 2.28. The molecule has 11 heteroatoms. The van der Waals surface area contributed by atoms with Crippen molar-refractivity contribution in [2.45, 2.75) is 24.9 Å². The third kappa shape index (κ3) is 9.08. The van der Waals surface area contributed by atoms with Gasteiger partial charge in [0.05, 0.1) is 12.8 Å². The Bertz CT molecular complexity index is 341. The molecule has 0 aromatic carbocycles. The maximum atomic E-state index is 11.0. The molecular formula is C9H15ClN2O8. The van der Waals surface area contributed by atoms with E-state index >= 15 is 0 Å². The zero-order chi connectivity index (χ0) is 15.0. The Balaban J connectivity index is 0. The van der Waals surface area contributed by atoms with Crippen molar-refractivity contribution in [3.8, 4) is 0 Å². The van der Waals surface area contributed by atoms with E-state index in [4.69, 9.17) is 21.7 Å². The first-order valence-corrected chi connectivity index (χ1v) is 5.02. The monoisotopic (exact) mass is 314 g/mol. The summed E-state index contributed by atoms with van der Waals surface area (Å²) in [5.41, 5.74) is 10.1. The Morgan fingerprint density at radius 3 is 1.40 bits per heavy atom. The van der Waals surface area contributed by atoms with Gasteiger partial charge < -0.3 is 31.2 Å². The number of halogens is 1. The van der Waals surface area contributed by atoms with Gasteiger partial charge in [-0.25, -0.2) is 0 Å². The molecule has 0 aliphatic rings. The highest BCUT2D eigenvalue weighted by Gasteiger charge is 2.19. The van der Waals surface area contributed by atoms with Crippen LogP contribution in [0.1, 0.15) is 12.8 Å². The van der Waals surface area contributed by atoms with Crippen molar-refractivity contribution in [3.63, 3.8) is 0 Å². The highest BCUT2D eigenvalue weighted by Crippen LogP contribution is 1.96. The van der Waals surface area contributed by atoms with E-state index in [0.717, 1.165) is 0 Å². The van der Waals surface area contributed by atoms with Crippen LogP contribution in [0.4, 0.5) is 0 Å². The fourth-order valence-electron chi connectivity index (χ4n) is 0.812. The number of hydrogen-bond acceptors (Lipinski definition) is 8. The molecule has 0 aromatic rings. The molecule has 0 bridgehead atoms. The molecule has 10 nitrogen and oxygen atoms in total. The van der Waals surface area contributed by atoms with Crippen LogP contribution in [0.5, 0.6) is 0 Å². The van der Waals surface area contributed by atoms with Crippen molar-refractivity contribution in [3.05, 3.63) is 0 Å². The minimum atomic E-state index is -1.41. The summed E-state index contributed by atoms with van der Waals surface area (Å²) < 4.78 is 8.72. The van der Waals surface area contributed by atoms with Crippen LogP contribution in [-0.2, 0) is 28.7 Å². The van der Waals surface area contributed by atoms with E-state index in [1.165, 1.54) is 0 Å². The SMILES string of the molecule is Cl.N[C@@H](CC(=O)OCOC(=O)C[C@H](N)C(=O)O)C(=O)O.